The molecule has 2 aromatic carbocycles. The summed E-state index contributed by atoms with van der Waals surface area (Å²) < 4.78 is 0. The number of aliphatic hydroxyl groups excluding tert-OH is 1. The minimum atomic E-state index is 0.486. The summed E-state index contributed by atoms with van der Waals surface area (Å²) in [6.45, 7) is 7.15. The van der Waals surface area contributed by atoms with E-state index in [4.69, 9.17) is 5.11 Å². The van der Waals surface area contributed by atoms with Crippen molar-refractivity contribution in [2.75, 3.05) is 24.3 Å². The van der Waals surface area contributed by atoms with E-state index in [9.17, 15) is 9.59 Å². The fourth-order valence-corrected chi connectivity index (χ4v) is 3.25. The number of aldehydes is 1. The Morgan fingerprint density at radius 1 is 1.03 bits per heavy atom. The maximum absolute atomic E-state index is 10.3. The molecule has 4 N–H and O–H groups in total. The molecule has 1 saturated heterocycles. The molecule has 0 radical (unpaired) electrons. The van der Waals surface area contributed by atoms with E-state index >= 15 is 0 Å². The molecule has 4 rings (SSSR count). The van der Waals surface area contributed by atoms with Crippen molar-refractivity contribution in [2.24, 2.45) is 0 Å². The number of hydrogen-bond donors (Lipinski definition) is 4. The highest BCUT2D eigenvalue weighted by atomic mass is 16.2. The summed E-state index contributed by atoms with van der Waals surface area (Å²) in [6, 6.07) is 15.9. The molecule has 1 aromatic heterocycles. The molecular weight excluding hydrogens is 418 g/mol. The van der Waals surface area contributed by atoms with E-state index in [-0.39, 0.29) is 0 Å². The molecule has 2 unspecified atom stereocenters. The SMILES string of the molecule is CC.CC1CCC(CNc2cnc3ccccc3n2)N1.CO.O=CNc1ccccc1C=O. The van der Waals surface area contributed by atoms with E-state index in [0.29, 0.717) is 36.0 Å². The van der Waals surface area contributed by atoms with Gasteiger partial charge in [0.2, 0.25) is 6.41 Å². The van der Waals surface area contributed by atoms with Gasteiger partial charge >= 0.3 is 0 Å². The Hall–Kier alpha value is -3.36. The van der Waals surface area contributed by atoms with Gasteiger partial charge in [0.05, 0.1) is 22.9 Å². The second kappa shape index (κ2) is 16.3. The monoisotopic (exact) mass is 453 g/mol. The molecule has 1 amide bonds. The standard InChI is InChI=1S/C14H18N4.C8H7NO2.C2H6.CH4O/c1-10-6-7-11(17-10)8-16-14-9-15-12-4-2-3-5-13(12)18-14;10-5-7-3-1-2-4-8(7)9-6-11;2*1-2/h2-5,9-11,17H,6-8H2,1H3,(H,16,18);1-6H,(H,9,11);1-2H3;2H,1H3. The molecule has 1 fully saturated rings. The first kappa shape index (κ1) is 27.7. The van der Waals surface area contributed by atoms with Gasteiger partial charge in [-0.15, -0.1) is 0 Å². The summed E-state index contributed by atoms with van der Waals surface area (Å²) in [7, 11) is 1.00. The largest absolute Gasteiger partial charge is 0.400 e. The third-order valence-electron chi connectivity index (χ3n) is 4.75. The molecular formula is C25H35N5O3. The number of amides is 1. The molecule has 33 heavy (non-hydrogen) atoms. The fraction of sp³-hybridized carbons (Fsp3) is 0.360. The number of nitrogens with one attached hydrogen (secondary N) is 3. The summed E-state index contributed by atoms with van der Waals surface area (Å²) >= 11 is 0. The highest BCUT2D eigenvalue weighted by Crippen LogP contribution is 2.14. The van der Waals surface area contributed by atoms with E-state index in [1.807, 2.05) is 38.1 Å². The third kappa shape index (κ3) is 9.34. The molecule has 8 nitrogen and oxygen atoms in total. The lowest BCUT2D eigenvalue weighted by molar-refractivity contribution is -0.105. The number of para-hydroxylation sites is 3. The second-order valence-corrected chi connectivity index (χ2v) is 6.93. The van der Waals surface area contributed by atoms with Crippen molar-refractivity contribution >= 4 is 35.2 Å². The number of nitrogens with zero attached hydrogens (tertiary/aromatic N) is 2. The Morgan fingerprint density at radius 2 is 1.70 bits per heavy atom. The zero-order chi connectivity index (χ0) is 24.5. The number of aromatic nitrogens is 2. The average molecular weight is 454 g/mol. The van der Waals surface area contributed by atoms with Gasteiger partial charge < -0.3 is 21.1 Å². The maximum Gasteiger partial charge on any atom is 0.211 e. The van der Waals surface area contributed by atoms with Crippen molar-refractivity contribution in [2.45, 2.75) is 45.7 Å². The van der Waals surface area contributed by atoms with Gasteiger partial charge in [0, 0.05) is 31.3 Å². The van der Waals surface area contributed by atoms with Crippen molar-refractivity contribution in [1.82, 2.24) is 15.3 Å². The second-order valence-electron chi connectivity index (χ2n) is 6.93. The van der Waals surface area contributed by atoms with Crippen LogP contribution in [-0.4, -0.2) is 53.5 Å². The van der Waals surface area contributed by atoms with Crippen molar-refractivity contribution in [3.63, 3.8) is 0 Å². The van der Waals surface area contributed by atoms with Crippen molar-refractivity contribution in [3.8, 4) is 0 Å². The van der Waals surface area contributed by atoms with Gasteiger partial charge in [0.25, 0.3) is 0 Å². The Morgan fingerprint density at radius 3 is 2.33 bits per heavy atom. The smallest absolute Gasteiger partial charge is 0.211 e. The molecule has 1 aliphatic heterocycles. The highest BCUT2D eigenvalue weighted by molar-refractivity contribution is 5.88. The van der Waals surface area contributed by atoms with Crippen molar-refractivity contribution < 1.29 is 14.7 Å². The summed E-state index contributed by atoms with van der Waals surface area (Å²) in [6.07, 6.45) is 5.54. The first-order valence-electron chi connectivity index (χ1n) is 11.1. The number of fused-ring (bicyclic) bond motifs is 1. The first-order valence-corrected chi connectivity index (χ1v) is 11.1. The number of rotatable bonds is 6. The van der Waals surface area contributed by atoms with E-state index in [1.165, 1.54) is 12.8 Å². The zero-order valence-electron chi connectivity index (χ0n) is 19.8. The van der Waals surface area contributed by atoms with Gasteiger partial charge in [-0.3, -0.25) is 14.6 Å². The molecule has 0 saturated carbocycles. The minimum absolute atomic E-state index is 0.486. The number of carbonyl (C=O) groups excluding carboxylic acids is 2. The molecule has 0 spiro atoms. The van der Waals surface area contributed by atoms with Crippen LogP contribution in [0.5, 0.6) is 0 Å². The van der Waals surface area contributed by atoms with Crippen LogP contribution in [0.1, 0.15) is 44.0 Å². The lowest BCUT2D eigenvalue weighted by atomic mass is 10.2. The zero-order valence-corrected chi connectivity index (χ0v) is 19.8. The van der Waals surface area contributed by atoms with Crippen LogP contribution in [-0.2, 0) is 4.79 Å². The summed E-state index contributed by atoms with van der Waals surface area (Å²) in [5, 5.41) is 16.3. The average Bonchev–Trinajstić information content (AvgIpc) is 3.31. The minimum Gasteiger partial charge on any atom is -0.400 e. The number of aliphatic hydroxyl groups is 1. The maximum atomic E-state index is 10.3. The first-order chi connectivity index (χ1) is 16.2. The molecule has 2 heterocycles. The van der Waals surface area contributed by atoms with E-state index in [2.05, 4.69) is 32.8 Å². The third-order valence-corrected chi connectivity index (χ3v) is 4.75. The van der Waals surface area contributed by atoms with Crippen LogP contribution < -0.4 is 16.0 Å². The van der Waals surface area contributed by atoms with E-state index in [0.717, 1.165) is 30.5 Å². The van der Waals surface area contributed by atoms with E-state index in [1.54, 1.807) is 30.5 Å². The van der Waals surface area contributed by atoms with Gasteiger partial charge in [0.15, 0.2) is 6.29 Å². The van der Waals surface area contributed by atoms with Crippen molar-refractivity contribution in [3.05, 3.63) is 60.3 Å². The molecule has 3 aromatic rings. The summed E-state index contributed by atoms with van der Waals surface area (Å²) in [5.74, 6) is 0.857. The highest BCUT2D eigenvalue weighted by Gasteiger charge is 2.19. The van der Waals surface area contributed by atoms with Crippen LogP contribution in [0, 0.1) is 0 Å². The van der Waals surface area contributed by atoms with Gasteiger partial charge in [0.1, 0.15) is 5.82 Å². The van der Waals surface area contributed by atoms with Gasteiger partial charge in [-0.2, -0.15) is 0 Å². The molecule has 1 aliphatic rings. The van der Waals surface area contributed by atoms with Gasteiger partial charge in [-0.25, -0.2) is 4.98 Å². The quantitative estimate of drug-likeness (QED) is 0.419. The van der Waals surface area contributed by atoms with Crippen LogP contribution in [0.25, 0.3) is 11.0 Å². The predicted molar refractivity (Wildman–Crippen MR) is 135 cm³/mol. The topological polar surface area (TPSA) is 116 Å². The molecule has 0 bridgehead atoms. The van der Waals surface area contributed by atoms with Gasteiger partial charge in [-0.05, 0) is 44.0 Å². The molecule has 178 valence electrons. The van der Waals surface area contributed by atoms with Crippen LogP contribution in [0.3, 0.4) is 0 Å². The molecule has 8 heteroatoms. The lowest BCUT2D eigenvalue weighted by Crippen LogP contribution is -2.33. The summed E-state index contributed by atoms with van der Waals surface area (Å²) in [5.41, 5.74) is 2.91. The Kier molecular flexibility index (Phi) is 13.7. The Balaban J connectivity index is 0.000000313. The lowest BCUT2D eigenvalue weighted by Gasteiger charge is -2.13. The molecule has 0 aliphatic carbocycles. The normalized spacial score (nSPS) is 16.0. The Labute approximate surface area is 195 Å². The fourth-order valence-electron chi connectivity index (χ4n) is 3.25. The summed E-state index contributed by atoms with van der Waals surface area (Å²) in [4.78, 5) is 29.3. The predicted octanol–water partition coefficient (Wildman–Crippen LogP) is 3.88. The number of carbonyl (C=O) groups is 2. The van der Waals surface area contributed by atoms with E-state index < -0.39 is 0 Å². The van der Waals surface area contributed by atoms with Crippen molar-refractivity contribution in [1.29, 1.82) is 0 Å². The van der Waals surface area contributed by atoms with Gasteiger partial charge in [-0.1, -0.05) is 38.1 Å². The molecule has 2 atom stereocenters. The number of hydrogen-bond acceptors (Lipinski definition) is 7. The van der Waals surface area contributed by atoms with Crippen LogP contribution in [0.2, 0.25) is 0 Å². The van der Waals surface area contributed by atoms with Crippen LogP contribution in [0.15, 0.2) is 54.7 Å². The number of anilines is 2. The number of benzene rings is 2. The Bertz CT molecular complexity index is 967. The van der Waals surface area contributed by atoms with Crippen LogP contribution >= 0.6 is 0 Å². The van der Waals surface area contributed by atoms with Crippen LogP contribution in [0.4, 0.5) is 11.5 Å².